The van der Waals surface area contributed by atoms with Crippen LogP contribution in [0.5, 0.6) is 0 Å². The first-order valence-corrected chi connectivity index (χ1v) is 6.25. The van der Waals surface area contributed by atoms with Crippen molar-refractivity contribution in [3.05, 3.63) is 47.5 Å². The molecule has 96 valence electrons. The molecule has 2 atom stereocenters. The van der Waals surface area contributed by atoms with E-state index in [4.69, 9.17) is 4.74 Å². The van der Waals surface area contributed by atoms with E-state index < -0.39 is 11.5 Å². The normalized spacial score (nSPS) is 24.9. The minimum absolute atomic E-state index is 0.154. The van der Waals surface area contributed by atoms with E-state index in [1.54, 1.807) is 7.11 Å². The minimum Gasteiger partial charge on any atom is -0.375 e. The molecule has 0 bridgehead atoms. The first-order chi connectivity index (χ1) is 9.17. The van der Waals surface area contributed by atoms with Gasteiger partial charge in [-0.2, -0.15) is 10.5 Å². The molecule has 19 heavy (non-hydrogen) atoms. The van der Waals surface area contributed by atoms with Crippen molar-refractivity contribution in [1.29, 1.82) is 10.5 Å². The van der Waals surface area contributed by atoms with Gasteiger partial charge in [-0.3, -0.25) is 0 Å². The molecule has 1 aromatic carbocycles. The summed E-state index contributed by atoms with van der Waals surface area (Å²) in [6, 6.07) is 14.2. The summed E-state index contributed by atoms with van der Waals surface area (Å²) in [5.41, 5.74) is 1.01. The molecule has 0 heterocycles. The largest absolute Gasteiger partial charge is 0.375 e. The molecule has 0 fully saturated rings. The molecule has 0 aromatic heterocycles. The van der Waals surface area contributed by atoms with E-state index in [1.165, 1.54) is 0 Å². The Morgan fingerprint density at radius 2 is 1.84 bits per heavy atom. The lowest BCUT2D eigenvalue weighted by atomic mass is 9.64. The summed E-state index contributed by atoms with van der Waals surface area (Å²) in [4.78, 5) is 0. The van der Waals surface area contributed by atoms with Gasteiger partial charge in [-0.1, -0.05) is 42.0 Å². The Morgan fingerprint density at radius 3 is 2.37 bits per heavy atom. The number of benzene rings is 1. The molecule has 0 N–H and O–H groups in total. The molecule has 0 spiro atoms. The van der Waals surface area contributed by atoms with Gasteiger partial charge in [0, 0.05) is 13.0 Å². The predicted molar refractivity (Wildman–Crippen MR) is 72.0 cm³/mol. The second kappa shape index (κ2) is 5.26. The quantitative estimate of drug-likeness (QED) is 0.760. The standard InChI is InChI=1S/C16H16N2O/c1-12-8-14(13-6-4-3-5-7-13)16(10-17,11-18)15(9-12)19-2/h3-7,9,14-15H,8H2,1-2H3/t14-,15-/m1/s1. The fraction of sp³-hybridized carbons (Fsp3) is 0.375. The maximum Gasteiger partial charge on any atom is 0.180 e. The zero-order valence-corrected chi connectivity index (χ0v) is 11.1. The van der Waals surface area contributed by atoms with Crippen LogP contribution in [0.1, 0.15) is 24.8 Å². The summed E-state index contributed by atoms with van der Waals surface area (Å²) in [5, 5.41) is 19.2. The van der Waals surface area contributed by atoms with E-state index in [0.29, 0.717) is 6.42 Å². The van der Waals surface area contributed by atoms with Crippen molar-refractivity contribution in [2.45, 2.75) is 25.4 Å². The highest BCUT2D eigenvalue weighted by atomic mass is 16.5. The first-order valence-electron chi connectivity index (χ1n) is 6.25. The minimum atomic E-state index is -1.16. The average Bonchev–Trinajstić information content (AvgIpc) is 2.47. The van der Waals surface area contributed by atoms with E-state index in [1.807, 2.05) is 43.3 Å². The van der Waals surface area contributed by atoms with Crippen molar-refractivity contribution in [2.24, 2.45) is 5.41 Å². The molecule has 1 aromatic rings. The van der Waals surface area contributed by atoms with Crippen LogP contribution in [0, 0.1) is 28.1 Å². The Morgan fingerprint density at radius 1 is 1.21 bits per heavy atom. The Bertz CT molecular complexity index is 549. The Labute approximate surface area is 113 Å². The van der Waals surface area contributed by atoms with Crippen LogP contribution in [0.4, 0.5) is 0 Å². The molecule has 2 rings (SSSR count). The fourth-order valence-corrected chi connectivity index (χ4v) is 2.77. The van der Waals surface area contributed by atoms with E-state index in [2.05, 4.69) is 12.1 Å². The number of hydrogen-bond donors (Lipinski definition) is 0. The first kappa shape index (κ1) is 13.3. The molecular weight excluding hydrogens is 236 g/mol. The zero-order valence-electron chi connectivity index (χ0n) is 11.1. The molecule has 1 aliphatic carbocycles. The van der Waals surface area contributed by atoms with Gasteiger partial charge in [-0.25, -0.2) is 0 Å². The van der Waals surface area contributed by atoms with Gasteiger partial charge in [-0.15, -0.1) is 0 Å². The van der Waals surface area contributed by atoms with Gasteiger partial charge in [0.25, 0.3) is 0 Å². The number of methoxy groups -OCH3 is 1. The molecule has 3 nitrogen and oxygen atoms in total. The molecule has 0 radical (unpaired) electrons. The Kier molecular flexibility index (Phi) is 3.69. The third kappa shape index (κ3) is 2.14. The van der Waals surface area contributed by atoms with Gasteiger partial charge >= 0.3 is 0 Å². The van der Waals surface area contributed by atoms with Crippen molar-refractivity contribution < 1.29 is 4.74 Å². The number of ether oxygens (including phenoxy) is 1. The number of allylic oxidation sites excluding steroid dienone is 1. The second-order valence-corrected chi connectivity index (χ2v) is 4.93. The average molecular weight is 252 g/mol. The summed E-state index contributed by atoms with van der Waals surface area (Å²) in [6.07, 6.45) is 2.12. The summed E-state index contributed by atoms with van der Waals surface area (Å²) < 4.78 is 5.39. The molecule has 0 aliphatic heterocycles. The summed E-state index contributed by atoms with van der Waals surface area (Å²) in [6.45, 7) is 2.01. The predicted octanol–water partition coefficient (Wildman–Crippen LogP) is 3.17. The van der Waals surface area contributed by atoms with E-state index in [-0.39, 0.29) is 5.92 Å². The summed E-state index contributed by atoms with van der Waals surface area (Å²) >= 11 is 0. The number of rotatable bonds is 2. The maximum absolute atomic E-state index is 9.58. The molecule has 0 unspecified atom stereocenters. The third-order valence-electron chi connectivity index (χ3n) is 3.79. The fourth-order valence-electron chi connectivity index (χ4n) is 2.77. The van der Waals surface area contributed by atoms with Crippen molar-refractivity contribution in [2.75, 3.05) is 7.11 Å². The van der Waals surface area contributed by atoms with E-state index in [0.717, 1.165) is 11.1 Å². The van der Waals surface area contributed by atoms with Gasteiger partial charge < -0.3 is 4.74 Å². The lowest BCUT2D eigenvalue weighted by molar-refractivity contribution is 0.0598. The molecule has 0 saturated carbocycles. The van der Waals surface area contributed by atoms with Crippen molar-refractivity contribution in [1.82, 2.24) is 0 Å². The summed E-state index contributed by atoms with van der Waals surface area (Å²) in [5.74, 6) is -0.154. The van der Waals surface area contributed by atoms with Crippen LogP contribution in [-0.4, -0.2) is 13.2 Å². The number of nitriles is 2. The van der Waals surface area contributed by atoms with Gasteiger partial charge in [0.15, 0.2) is 5.41 Å². The Balaban J connectivity index is 2.56. The van der Waals surface area contributed by atoms with E-state index >= 15 is 0 Å². The maximum atomic E-state index is 9.58. The molecular formula is C16H16N2O. The monoisotopic (exact) mass is 252 g/mol. The smallest absolute Gasteiger partial charge is 0.180 e. The van der Waals surface area contributed by atoms with Crippen molar-refractivity contribution >= 4 is 0 Å². The van der Waals surface area contributed by atoms with Gasteiger partial charge in [0.05, 0.1) is 12.1 Å². The Hall–Kier alpha value is -2.10. The van der Waals surface area contributed by atoms with Crippen LogP contribution < -0.4 is 0 Å². The second-order valence-electron chi connectivity index (χ2n) is 4.93. The van der Waals surface area contributed by atoms with Crippen LogP contribution in [0.2, 0.25) is 0 Å². The highest BCUT2D eigenvalue weighted by molar-refractivity contribution is 5.38. The van der Waals surface area contributed by atoms with Gasteiger partial charge in [-0.05, 0) is 18.9 Å². The lowest BCUT2D eigenvalue weighted by Gasteiger charge is -2.38. The van der Waals surface area contributed by atoms with Crippen LogP contribution >= 0.6 is 0 Å². The van der Waals surface area contributed by atoms with Crippen LogP contribution in [0.15, 0.2) is 42.0 Å². The van der Waals surface area contributed by atoms with Crippen molar-refractivity contribution in [3.8, 4) is 12.1 Å². The summed E-state index contributed by atoms with van der Waals surface area (Å²) in [7, 11) is 1.55. The van der Waals surface area contributed by atoms with Crippen LogP contribution in [0.3, 0.4) is 0 Å². The molecule has 0 amide bonds. The number of nitrogens with zero attached hydrogens (tertiary/aromatic N) is 2. The van der Waals surface area contributed by atoms with Crippen LogP contribution in [0.25, 0.3) is 0 Å². The van der Waals surface area contributed by atoms with Gasteiger partial charge in [0.2, 0.25) is 0 Å². The topological polar surface area (TPSA) is 56.8 Å². The van der Waals surface area contributed by atoms with Crippen LogP contribution in [-0.2, 0) is 4.74 Å². The molecule has 1 aliphatic rings. The number of hydrogen-bond acceptors (Lipinski definition) is 3. The highest BCUT2D eigenvalue weighted by Crippen LogP contribution is 2.47. The molecule has 3 heteroatoms. The third-order valence-corrected chi connectivity index (χ3v) is 3.79. The highest BCUT2D eigenvalue weighted by Gasteiger charge is 2.49. The lowest BCUT2D eigenvalue weighted by Crippen LogP contribution is -2.41. The molecule has 0 saturated heterocycles. The zero-order chi connectivity index (χ0) is 13.9. The van der Waals surface area contributed by atoms with Gasteiger partial charge in [0.1, 0.15) is 6.10 Å². The van der Waals surface area contributed by atoms with Crippen molar-refractivity contribution in [3.63, 3.8) is 0 Å². The van der Waals surface area contributed by atoms with E-state index in [9.17, 15) is 10.5 Å². The SMILES string of the molecule is CO[C@@H]1C=C(C)C[C@H](c2ccccc2)C1(C#N)C#N.